The van der Waals surface area contributed by atoms with Crippen LogP contribution in [0.5, 0.6) is 5.75 Å². The molecule has 0 saturated heterocycles. The predicted octanol–water partition coefficient (Wildman–Crippen LogP) is 2.28. The molecular weight excluding hydrogens is 192 g/mol. The zero-order chi connectivity index (χ0) is 9.42. The lowest BCUT2D eigenvalue weighted by Crippen LogP contribution is -1.81. The maximum absolute atomic E-state index is 9.47. The number of halogens is 1. The molecule has 2 rings (SSSR count). The van der Waals surface area contributed by atoms with Gasteiger partial charge in [-0.1, -0.05) is 0 Å². The van der Waals surface area contributed by atoms with Gasteiger partial charge in [0, 0.05) is 6.07 Å². The molecule has 0 spiro atoms. The number of benzene rings is 1. The van der Waals surface area contributed by atoms with E-state index < -0.39 is 0 Å². The van der Waals surface area contributed by atoms with E-state index in [-0.39, 0.29) is 17.6 Å². The molecule has 13 heavy (non-hydrogen) atoms. The first-order chi connectivity index (χ1) is 6.20. The van der Waals surface area contributed by atoms with Crippen molar-refractivity contribution in [2.45, 2.75) is 6.61 Å². The van der Waals surface area contributed by atoms with E-state index in [1.165, 1.54) is 12.1 Å². The molecule has 0 fully saturated rings. The van der Waals surface area contributed by atoms with Crippen molar-refractivity contribution in [1.82, 2.24) is 0 Å². The Labute approximate surface area is 79.2 Å². The topological polar surface area (TPSA) is 53.6 Å². The molecular formula is C9H7ClO3. The van der Waals surface area contributed by atoms with E-state index in [0.717, 1.165) is 0 Å². The predicted molar refractivity (Wildman–Crippen MR) is 48.8 cm³/mol. The molecule has 0 atom stereocenters. The van der Waals surface area contributed by atoms with Crippen LogP contribution in [0.1, 0.15) is 5.56 Å². The van der Waals surface area contributed by atoms with E-state index in [1.54, 1.807) is 6.07 Å². The van der Waals surface area contributed by atoms with Gasteiger partial charge in [-0.2, -0.15) is 0 Å². The van der Waals surface area contributed by atoms with Crippen LogP contribution in [-0.4, -0.2) is 10.2 Å². The number of aromatic hydroxyl groups is 1. The Bertz CT molecular complexity index is 447. The number of hydrogen-bond donors (Lipinski definition) is 2. The van der Waals surface area contributed by atoms with Gasteiger partial charge in [0.15, 0.2) is 5.22 Å². The van der Waals surface area contributed by atoms with E-state index >= 15 is 0 Å². The summed E-state index contributed by atoms with van der Waals surface area (Å²) >= 11 is 5.61. The first kappa shape index (κ1) is 8.41. The van der Waals surface area contributed by atoms with Crippen molar-refractivity contribution < 1.29 is 14.6 Å². The van der Waals surface area contributed by atoms with Gasteiger partial charge in [0.25, 0.3) is 0 Å². The zero-order valence-corrected chi connectivity index (χ0v) is 7.38. The van der Waals surface area contributed by atoms with E-state index in [1.807, 2.05) is 0 Å². The Morgan fingerprint density at radius 2 is 2.08 bits per heavy atom. The van der Waals surface area contributed by atoms with Gasteiger partial charge >= 0.3 is 0 Å². The minimum Gasteiger partial charge on any atom is -0.507 e. The van der Waals surface area contributed by atoms with Crippen LogP contribution < -0.4 is 0 Å². The molecule has 0 aliphatic heterocycles. The number of furan rings is 1. The third kappa shape index (κ3) is 1.36. The molecule has 1 aromatic heterocycles. The van der Waals surface area contributed by atoms with Crippen LogP contribution in [0.25, 0.3) is 11.0 Å². The van der Waals surface area contributed by atoms with Crippen LogP contribution in [0.4, 0.5) is 0 Å². The average Bonchev–Trinajstić information content (AvgIpc) is 2.46. The largest absolute Gasteiger partial charge is 0.507 e. The Morgan fingerprint density at radius 1 is 1.31 bits per heavy atom. The van der Waals surface area contributed by atoms with Crippen LogP contribution in [0, 0.1) is 0 Å². The smallest absolute Gasteiger partial charge is 0.194 e. The molecule has 0 aliphatic rings. The first-order valence-electron chi connectivity index (χ1n) is 3.72. The number of hydrogen-bond acceptors (Lipinski definition) is 3. The lowest BCUT2D eigenvalue weighted by atomic mass is 10.1. The maximum Gasteiger partial charge on any atom is 0.194 e. The molecule has 0 aliphatic carbocycles. The van der Waals surface area contributed by atoms with Crippen molar-refractivity contribution in [1.29, 1.82) is 0 Å². The van der Waals surface area contributed by atoms with Gasteiger partial charge in [0.2, 0.25) is 0 Å². The minimum atomic E-state index is -0.137. The van der Waals surface area contributed by atoms with Crippen molar-refractivity contribution in [3.63, 3.8) is 0 Å². The van der Waals surface area contributed by atoms with E-state index in [9.17, 15) is 5.11 Å². The van der Waals surface area contributed by atoms with Gasteiger partial charge < -0.3 is 14.6 Å². The number of rotatable bonds is 1. The quantitative estimate of drug-likeness (QED) is 0.739. The van der Waals surface area contributed by atoms with Crippen LogP contribution >= 0.6 is 11.6 Å². The molecule has 68 valence electrons. The van der Waals surface area contributed by atoms with Gasteiger partial charge in [-0.15, -0.1) is 0 Å². The Kier molecular flexibility index (Phi) is 1.90. The third-order valence-electron chi connectivity index (χ3n) is 1.83. The summed E-state index contributed by atoms with van der Waals surface area (Å²) in [6.07, 6.45) is 0. The summed E-state index contributed by atoms with van der Waals surface area (Å²) in [5.74, 6) is 0.0669. The number of aliphatic hydroxyl groups excluding tert-OH is 1. The molecule has 0 radical (unpaired) electrons. The summed E-state index contributed by atoms with van der Waals surface area (Å²) in [5.41, 5.74) is 1.07. The fraction of sp³-hybridized carbons (Fsp3) is 0.111. The first-order valence-corrected chi connectivity index (χ1v) is 4.10. The van der Waals surface area contributed by atoms with Crippen molar-refractivity contribution in [2.24, 2.45) is 0 Å². The zero-order valence-electron chi connectivity index (χ0n) is 6.62. The normalized spacial score (nSPS) is 10.9. The summed E-state index contributed by atoms with van der Waals surface area (Å²) in [4.78, 5) is 0. The highest BCUT2D eigenvalue weighted by atomic mass is 35.5. The number of phenols is 1. The Balaban J connectivity index is 2.75. The summed E-state index contributed by atoms with van der Waals surface area (Å²) in [6.45, 7) is -0.137. The summed E-state index contributed by atoms with van der Waals surface area (Å²) in [5, 5.41) is 19.1. The SMILES string of the molecule is OCc1cc(O)c2cc(Cl)oc2c1. The molecule has 0 bridgehead atoms. The fourth-order valence-corrected chi connectivity index (χ4v) is 1.43. The second kappa shape index (κ2) is 2.94. The maximum atomic E-state index is 9.47. The highest BCUT2D eigenvalue weighted by Crippen LogP contribution is 2.31. The molecule has 0 amide bonds. The van der Waals surface area contributed by atoms with Crippen LogP contribution in [0.3, 0.4) is 0 Å². The second-order valence-electron chi connectivity index (χ2n) is 2.74. The molecule has 3 nitrogen and oxygen atoms in total. The van der Waals surface area contributed by atoms with Gasteiger partial charge in [0.05, 0.1) is 12.0 Å². The number of aliphatic hydroxyl groups is 1. The Hall–Kier alpha value is -1.19. The molecule has 1 aromatic carbocycles. The number of fused-ring (bicyclic) bond motifs is 1. The molecule has 2 aromatic rings. The van der Waals surface area contributed by atoms with Crippen molar-refractivity contribution in [3.8, 4) is 5.75 Å². The van der Waals surface area contributed by atoms with Gasteiger partial charge in [-0.25, -0.2) is 0 Å². The highest BCUT2D eigenvalue weighted by Gasteiger charge is 2.07. The van der Waals surface area contributed by atoms with E-state index in [4.69, 9.17) is 21.1 Å². The summed E-state index contributed by atoms with van der Waals surface area (Å²) in [7, 11) is 0. The fourth-order valence-electron chi connectivity index (χ4n) is 1.24. The second-order valence-corrected chi connectivity index (χ2v) is 3.11. The van der Waals surface area contributed by atoms with Crippen molar-refractivity contribution >= 4 is 22.6 Å². The van der Waals surface area contributed by atoms with E-state index in [0.29, 0.717) is 16.5 Å². The molecule has 0 unspecified atom stereocenters. The summed E-state index contributed by atoms with van der Waals surface area (Å²) < 4.78 is 5.09. The van der Waals surface area contributed by atoms with Gasteiger partial charge in [-0.3, -0.25) is 0 Å². The number of phenolic OH excluding ortho intramolecular Hbond substituents is 1. The highest BCUT2D eigenvalue weighted by molar-refractivity contribution is 6.29. The minimum absolute atomic E-state index is 0.0669. The summed E-state index contributed by atoms with van der Waals surface area (Å²) in [6, 6.07) is 4.66. The van der Waals surface area contributed by atoms with Crippen LogP contribution in [0.2, 0.25) is 5.22 Å². The van der Waals surface area contributed by atoms with Gasteiger partial charge in [-0.05, 0) is 29.3 Å². The average molecular weight is 199 g/mol. The van der Waals surface area contributed by atoms with Crippen molar-refractivity contribution in [2.75, 3.05) is 0 Å². The standard InChI is InChI=1S/C9H7ClO3/c10-9-3-6-7(12)1-5(4-11)2-8(6)13-9/h1-3,11-12H,4H2. The molecule has 0 saturated carbocycles. The third-order valence-corrected chi connectivity index (χ3v) is 2.01. The van der Waals surface area contributed by atoms with Gasteiger partial charge in [0.1, 0.15) is 11.3 Å². The van der Waals surface area contributed by atoms with Crippen LogP contribution in [-0.2, 0) is 6.61 Å². The van der Waals surface area contributed by atoms with Crippen molar-refractivity contribution in [3.05, 3.63) is 29.0 Å². The monoisotopic (exact) mass is 198 g/mol. The molecule has 1 heterocycles. The Morgan fingerprint density at radius 3 is 2.77 bits per heavy atom. The molecule has 4 heteroatoms. The lowest BCUT2D eigenvalue weighted by molar-refractivity contribution is 0.281. The lowest BCUT2D eigenvalue weighted by Gasteiger charge is -1.97. The van der Waals surface area contributed by atoms with Crippen LogP contribution in [0.15, 0.2) is 22.6 Å². The van der Waals surface area contributed by atoms with E-state index in [2.05, 4.69) is 0 Å². The molecule has 2 N–H and O–H groups in total.